The van der Waals surface area contributed by atoms with Gasteiger partial charge in [-0.15, -0.1) is 10.2 Å². The SMILES string of the molecule is CC1CC(C)CC(Oc2ccc(Cl)nn2)C1. The molecule has 88 valence electrons. The molecule has 16 heavy (non-hydrogen) atoms. The topological polar surface area (TPSA) is 35.0 Å². The molecule has 0 saturated heterocycles. The van der Waals surface area contributed by atoms with Gasteiger partial charge in [-0.3, -0.25) is 0 Å². The Bertz CT molecular complexity index is 331. The highest BCUT2D eigenvalue weighted by Crippen LogP contribution is 2.30. The van der Waals surface area contributed by atoms with Crippen LogP contribution in [-0.4, -0.2) is 16.3 Å². The maximum Gasteiger partial charge on any atom is 0.233 e. The minimum Gasteiger partial charge on any atom is -0.473 e. The summed E-state index contributed by atoms with van der Waals surface area (Å²) < 4.78 is 5.82. The van der Waals surface area contributed by atoms with E-state index >= 15 is 0 Å². The summed E-state index contributed by atoms with van der Waals surface area (Å²) in [6, 6.07) is 3.48. The molecule has 1 aromatic heterocycles. The second-order valence-corrected chi connectivity index (χ2v) is 5.24. The van der Waals surface area contributed by atoms with Gasteiger partial charge in [0.05, 0.1) is 0 Å². The van der Waals surface area contributed by atoms with Crippen molar-refractivity contribution in [2.75, 3.05) is 0 Å². The number of rotatable bonds is 2. The first-order valence-electron chi connectivity index (χ1n) is 5.79. The third-order valence-corrected chi connectivity index (χ3v) is 3.23. The van der Waals surface area contributed by atoms with Gasteiger partial charge in [0.25, 0.3) is 0 Å². The molecule has 0 radical (unpaired) electrons. The normalized spacial score (nSPS) is 30.1. The Morgan fingerprint density at radius 3 is 2.38 bits per heavy atom. The highest BCUT2D eigenvalue weighted by atomic mass is 35.5. The molecule has 0 aromatic carbocycles. The lowest BCUT2D eigenvalue weighted by molar-refractivity contribution is 0.0957. The summed E-state index contributed by atoms with van der Waals surface area (Å²) in [5, 5.41) is 8.09. The largest absolute Gasteiger partial charge is 0.473 e. The van der Waals surface area contributed by atoms with E-state index in [2.05, 4.69) is 24.0 Å². The van der Waals surface area contributed by atoms with Crippen LogP contribution in [0, 0.1) is 11.8 Å². The minimum absolute atomic E-state index is 0.272. The zero-order valence-electron chi connectivity index (χ0n) is 9.69. The van der Waals surface area contributed by atoms with Crippen molar-refractivity contribution >= 4 is 11.6 Å². The van der Waals surface area contributed by atoms with Gasteiger partial charge in [0.15, 0.2) is 5.15 Å². The van der Waals surface area contributed by atoms with Crippen LogP contribution < -0.4 is 4.74 Å². The first kappa shape index (κ1) is 11.6. The summed E-state index contributed by atoms with van der Waals surface area (Å²) in [7, 11) is 0. The molecule has 1 aliphatic rings. The fraction of sp³-hybridized carbons (Fsp3) is 0.667. The van der Waals surface area contributed by atoms with Crippen LogP contribution in [0.1, 0.15) is 33.1 Å². The second-order valence-electron chi connectivity index (χ2n) is 4.85. The van der Waals surface area contributed by atoms with E-state index in [9.17, 15) is 0 Å². The zero-order chi connectivity index (χ0) is 11.5. The fourth-order valence-electron chi connectivity index (χ4n) is 2.51. The molecule has 1 fully saturated rings. The second kappa shape index (κ2) is 5.00. The molecule has 1 aliphatic carbocycles. The molecule has 2 rings (SSSR count). The van der Waals surface area contributed by atoms with E-state index in [1.165, 1.54) is 6.42 Å². The molecule has 1 saturated carbocycles. The van der Waals surface area contributed by atoms with Crippen molar-refractivity contribution in [1.82, 2.24) is 10.2 Å². The summed E-state index contributed by atoms with van der Waals surface area (Å²) in [5.74, 6) is 2.04. The lowest BCUT2D eigenvalue weighted by atomic mass is 9.82. The van der Waals surface area contributed by atoms with Gasteiger partial charge in [0.2, 0.25) is 5.88 Å². The Hall–Kier alpha value is -0.830. The van der Waals surface area contributed by atoms with Gasteiger partial charge in [-0.2, -0.15) is 0 Å². The maximum absolute atomic E-state index is 5.82. The predicted octanol–water partition coefficient (Wildman–Crippen LogP) is 3.33. The highest BCUT2D eigenvalue weighted by molar-refractivity contribution is 6.29. The van der Waals surface area contributed by atoms with Crippen molar-refractivity contribution < 1.29 is 4.74 Å². The summed E-state index contributed by atoms with van der Waals surface area (Å²) >= 11 is 5.67. The average molecular weight is 241 g/mol. The fourth-order valence-corrected chi connectivity index (χ4v) is 2.61. The lowest BCUT2D eigenvalue weighted by Gasteiger charge is -2.31. The average Bonchev–Trinajstić information content (AvgIpc) is 2.20. The molecule has 2 unspecified atom stereocenters. The quantitative estimate of drug-likeness (QED) is 0.795. The van der Waals surface area contributed by atoms with Crippen molar-refractivity contribution in [3.63, 3.8) is 0 Å². The summed E-state index contributed by atoms with van der Waals surface area (Å²) in [6.45, 7) is 4.55. The van der Waals surface area contributed by atoms with E-state index in [0.29, 0.717) is 11.0 Å². The van der Waals surface area contributed by atoms with Crippen LogP contribution in [0.5, 0.6) is 5.88 Å². The molecule has 2 atom stereocenters. The van der Waals surface area contributed by atoms with Crippen molar-refractivity contribution in [3.05, 3.63) is 17.3 Å². The van der Waals surface area contributed by atoms with Crippen LogP contribution in [0.15, 0.2) is 12.1 Å². The van der Waals surface area contributed by atoms with Crippen LogP contribution in [0.25, 0.3) is 0 Å². The number of hydrogen-bond acceptors (Lipinski definition) is 3. The van der Waals surface area contributed by atoms with E-state index in [-0.39, 0.29) is 6.10 Å². The maximum atomic E-state index is 5.82. The molecule has 1 aromatic rings. The summed E-state index contributed by atoms with van der Waals surface area (Å²) in [5.41, 5.74) is 0. The first-order valence-corrected chi connectivity index (χ1v) is 6.17. The van der Waals surface area contributed by atoms with Crippen molar-refractivity contribution in [3.8, 4) is 5.88 Å². The predicted molar refractivity (Wildman–Crippen MR) is 63.6 cm³/mol. The number of ether oxygens (including phenoxy) is 1. The van der Waals surface area contributed by atoms with Gasteiger partial charge in [0, 0.05) is 6.07 Å². The summed E-state index contributed by atoms with van der Waals surface area (Å²) in [6.07, 6.45) is 3.78. The van der Waals surface area contributed by atoms with Crippen LogP contribution >= 0.6 is 11.6 Å². The monoisotopic (exact) mass is 240 g/mol. The minimum atomic E-state index is 0.272. The Balaban J connectivity index is 1.96. The van der Waals surface area contributed by atoms with Gasteiger partial charge >= 0.3 is 0 Å². The summed E-state index contributed by atoms with van der Waals surface area (Å²) in [4.78, 5) is 0. The number of hydrogen-bond donors (Lipinski definition) is 0. The highest BCUT2D eigenvalue weighted by Gasteiger charge is 2.25. The standard InChI is InChI=1S/C12H17ClN2O/c1-8-5-9(2)7-10(6-8)16-12-4-3-11(13)14-15-12/h3-4,8-10H,5-7H2,1-2H3. The van der Waals surface area contributed by atoms with Crippen LogP contribution in [0.4, 0.5) is 0 Å². The van der Waals surface area contributed by atoms with Gasteiger partial charge < -0.3 is 4.74 Å². The molecule has 0 amide bonds. The molecule has 4 heteroatoms. The molecule has 0 N–H and O–H groups in total. The van der Waals surface area contributed by atoms with Crippen molar-refractivity contribution in [2.45, 2.75) is 39.2 Å². The number of aromatic nitrogens is 2. The van der Waals surface area contributed by atoms with E-state index < -0.39 is 0 Å². The lowest BCUT2D eigenvalue weighted by Crippen LogP contribution is -2.28. The smallest absolute Gasteiger partial charge is 0.233 e. The van der Waals surface area contributed by atoms with Crippen LogP contribution in [0.2, 0.25) is 5.15 Å². The third kappa shape index (κ3) is 3.08. The molecule has 0 bridgehead atoms. The Morgan fingerprint density at radius 1 is 1.12 bits per heavy atom. The van der Waals surface area contributed by atoms with Crippen LogP contribution in [-0.2, 0) is 0 Å². The third-order valence-electron chi connectivity index (χ3n) is 3.03. The van der Waals surface area contributed by atoms with Gasteiger partial charge in [-0.05, 0) is 37.2 Å². The number of nitrogens with zero attached hydrogens (tertiary/aromatic N) is 2. The van der Waals surface area contributed by atoms with Crippen molar-refractivity contribution in [1.29, 1.82) is 0 Å². The van der Waals surface area contributed by atoms with Crippen molar-refractivity contribution in [2.24, 2.45) is 11.8 Å². The van der Waals surface area contributed by atoms with Gasteiger partial charge in [0.1, 0.15) is 6.10 Å². The van der Waals surface area contributed by atoms with E-state index in [1.54, 1.807) is 12.1 Å². The Morgan fingerprint density at radius 2 is 1.81 bits per heavy atom. The van der Waals surface area contributed by atoms with Crippen LogP contribution in [0.3, 0.4) is 0 Å². The number of halogens is 1. The van der Waals surface area contributed by atoms with Gasteiger partial charge in [-0.25, -0.2) is 0 Å². The first-order chi connectivity index (χ1) is 7.63. The molecule has 1 heterocycles. The molecule has 0 aliphatic heterocycles. The molecule has 0 spiro atoms. The van der Waals surface area contributed by atoms with Gasteiger partial charge in [-0.1, -0.05) is 25.4 Å². The Labute approximate surface area is 101 Å². The van der Waals surface area contributed by atoms with E-state index in [1.807, 2.05) is 0 Å². The zero-order valence-corrected chi connectivity index (χ0v) is 10.4. The molecule has 3 nitrogen and oxygen atoms in total. The molecular weight excluding hydrogens is 224 g/mol. The molecular formula is C12H17ClN2O. The van der Waals surface area contributed by atoms with E-state index in [4.69, 9.17) is 16.3 Å². The van der Waals surface area contributed by atoms with E-state index in [0.717, 1.165) is 24.7 Å². The Kier molecular flexibility index (Phi) is 3.64.